The number of hydrogen-bond donors (Lipinski definition) is 0. The third kappa shape index (κ3) is 6.41. The molecule has 0 unspecified atom stereocenters. The summed E-state index contributed by atoms with van der Waals surface area (Å²) in [5.41, 5.74) is 0. The SMILES string of the molecule is FC(F)(F)C(F)(F)C(F)(F)C(F)(F)C(F)(F)C(F)(F)C(F)(F)CO[C-]=[O+]CC(F)(F)C(F)(F)C(F)(F)C(F)(F)C(F)(F)C(F)(F)C(F)(F)F. The van der Waals surface area contributed by atoms with Gasteiger partial charge in [-0.3, -0.25) is 0 Å². The average molecular weight is 810 g/mol. The van der Waals surface area contributed by atoms with E-state index >= 15 is 0 Å². The zero-order valence-corrected chi connectivity index (χ0v) is 21.1. The Kier molecular flexibility index (Phi) is 11.3. The number of rotatable bonds is 15. The van der Waals surface area contributed by atoms with Gasteiger partial charge in [-0.2, -0.15) is 132 Å². The minimum atomic E-state index is -8.84. The predicted molar refractivity (Wildman–Crippen MR) is 88.0 cm³/mol. The number of hydrogen-bond acceptors (Lipinski definition) is 1. The van der Waals surface area contributed by atoms with E-state index in [1.165, 1.54) is 0 Å². The lowest BCUT2D eigenvalue weighted by Gasteiger charge is -2.41. The van der Waals surface area contributed by atoms with Gasteiger partial charge in [0.2, 0.25) is 13.2 Å². The fourth-order valence-corrected chi connectivity index (χ4v) is 2.46. The van der Waals surface area contributed by atoms with E-state index in [4.69, 9.17) is 0 Å². The van der Waals surface area contributed by atoms with Gasteiger partial charge in [0, 0.05) is 0 Å². The first kappa shape index (κ1) is 46.4. The second-order valence-electron chi connectivity index (χ2n) is 8.81. The van der Waals surface area contributed by atoms with Crippen LogP contribution in [-0.2, 0) is 9.16 Å². The zero-order chi connectivity index (χ0) is 40.5. The molecule has 0 spiro atoms. The Hall–Kier alpha value is -2.63. The maximum atomic E-state index is 13.5. The Balaban J connectivity index is 6.30. The third-order valence-corrected chi connectivity index (χ3v) is 5.41. The highest BCUT2D eigenvalue weighted by Crippen LogP contribution is 2.64. The summed E-state index contributed by atoms with van der Waals surface area (Å²) in [7, 11) is 0. The van der Waals surface area contributed by atoms with E-state index in [2.05, 4.69) is 9.16 Å². The quantitative estimate of drug-likeness (QED) is 0.0919. The molecule has 49 heavy (non-hydrogen) atoms. The van der Waals surface area contributed by atoms with Crippen LogP contribution in [0.15, 0.2) is 0 Å². The van der Waals surface area contributed by atoms with Crippen LogP contribution in [0.25, 0.3) is 0 Å². The molecule has 0 aliphatic heterocycles. The van der Waals surface area contributed by atoms with Crippen molar-refractivity contribution in [3.05, 3.63) is 0 Å². The molecule has 0 N–H and O–H groups in total. The van der Waals surface area contributed by atoms with Gasteiger partial charge in [-0.05, 0) is 0 Å². The number of ether oxygens (including phenoxy) is 1. The molecular weight excluding hydrogens is 806 g/mol. The monoisotopic (exact) mass is 810 g/mol. The molecule has 0 aromatic rings. The maximum absolute atomic E-state index is 13.5. The molecule has 2 nitrogen and oxygen atoms in total. The highest BCUT2D eigenvalue weighted by molar-refractivity contribution is 5.39. The minimum absolute atomic E-state index is 0.354. The van der Waals surface area contributed by atoms with Gasteiger partial charge >= 0.3 is 83.4 Å². The largest absolute Gasteiger partial charge is 0.496 e. The van der Waals surface area contributed by atoms with Crippen molar-refractivity contribution in [3.63, 3.8) is 0 Å². The number of alkyl halides is 30. The first-order valence-corrected chi connectivity index (χ1v) is 10.4. The van der Waals surface area contributed by atoms with Gasteiger partial charge in [0.25, 0.3) is 0 Å². The van der Waals surface area contributed by atoms with Crippen LogP contribution in [0.1, 0.15) is 0 Å². The van der Waals surface area contributed by atoms with E-state index in [1.807, 2.05) is 0 Å². The molecule has 0 rings (SSSR count). The molecule has 32 heteroatoms. The van der Waals surface area contributed by atoms with Crippen molar-refractivity contribution in [2.45, 2.75) is 83.4 Å². The lowest BCUT2D eigenvalue weighted by atomic mass is 9.91. The predicted octanol–water partition coefficient (Wildman–Crippen LogP) is 9.35. The van der Waals surface area contributed by atoms with Crippen LogP contribution in [0.5, 0.6) is 0 Å². The summed E-state index contributed by atoms with van der Waals surface area (Å²) in [4.78, 5) is 0. The Morgan fingerprint density at radius 3 is 0.796 bits per heavy atom. The van der Waals surface area contributed by atoms with E-state index < -0.39 is 96.6 Å². The van der Waals surface area contributed by atoms with E-state index in [1.54, 1.807) is 0 Å². The van der Waals surface area contributed by atoms with Gasteiger partial charge in [-0.25, -0.2) is 0 Å². The molecule has 294 valence electrons. The van der Waals surface area contributed by atoms with E-state index in [0.29, 0.717) is 0 Å². The first-order chi connectivity index (χ1) is 20.7. The van der Waals surface area contributed by atoms with Gasteiger partial charge in [0.05, 0.1) is 0 Å². The van der Waals surface area contributed by atoms with E-state index in [9.17, 15) is 132 Å². The van der Waals surface area contributed by atoms with Crippen LogP contribution >= 0.6 is 0 Å². The number of carbonyl (C=O) groups excluding carboxylic acids is 1. The normalized spacial score (nSPS) is 16.9. The molecule has 0 heterocycles. The third-order valence-electron chi connectivity index (χ3n) is 5.41. The lowest BCUT2D eigenvalue weighted by Crippen LogP contribution is -2.73. The Bertz CT molecular complexity index is 1190. The Morgan fingerprint density at radius 2 is 0.531 bits per heavy atom. The second kappa shape index (κ2) is 12.0. The van der Waals surface area contributed by atoms with Crippen molar-refractivity contribution in [2.24, 2.45) is 0 Å². The standard InChI is InChI=1S/C17H4F30O2/c18-4(19,6(22,23)8(26,27)10(30,31)12(34,35)14(38,39)16(42,43)44)1-48-3-49-2-5(20,21)7(24,25)9(28,29)11(32,33)13(36,37)15(40,41)17(45,46)47/h1-2H2. The molecule has 0 fully saturated rings. The van der Waals surface area contributed by atoms with Crippen molar-refractivity contribution >= 4 is 6.47 Å². The summed E-state index contributed by atoms with van der Waals surface area (Å²) in [6, 6.07) is 0. The van der Waals surface area contributed by atoms with Gasteiger partial charge in [-0.15, -0.1) is 0 Å². The molecule has 0 aromatic carbocycles. The summed E-state index contributed by atoms with van der Waals surface area (Å²) >= 11 is 0. The van der Waals surface area contributed by atoms with Crippen LogP contribution < -0.4 is 0 Å². The molecule has 0 radical (unpaired) electrons. The van der Waals surface area contributed by atoms with Crippen molar-refractivity contribution in [1.82, 2.24) is 0 Å². The summed E-state index contributed by atoms with van der Waals surface area (Å²) in [6.45, 7) is -8.35. The molecule has 0 atom stereocenters. The van der Waals surface area contributed by atoms with Crippen LogP contribution in [0.2, 0.25) is 0 Å². The van der Waals surface area contributed by atoms with E-state index in [0.717, 1.165) is 0 Å². The molecule has 0 saturated carbocycles. The van der Waals surface area contributed by atoms with E-state index in [-0.39, 0.29) is 6.47 Å². The smallest absolute Gasteiger partial charge is 0.460 e. The molecular formula is C17H4F30O2. The van der Waals surface area contributed by atoms with Crippen molar-refractivity contribution in [3.8, 4) is 0 Å². The molecule has 0 aromatic heterocycles. The van der Waals surface area contributed by atoms with Gasteiger partial charge in [0.1, 0.15) is 0 Å². The molecule has 0 amide bonds. The Labute approximate surface area is 245 Å². The van der Waals surface area contributed by atoms with Crippen molar-refractivity contribution < 1.29 is 141 Å². The van der Waals surface area contributed by atoms with Gasteiger partial charge in [0.15, 0.2) is 6.47 Å². The van der Waals surface area contributed by atoms with Gasteiger partial charge < -0.3 is 9.16 Å². The van der Waals surface area contributed by atoms with Crippen LogP contribution in [0.4, 0.5) is 132 Å². The van der Waals surface area contributed by atoms with Crippen LogP contribution in [0, 0.1) is 0 Å². The summed E-state index contributed by atoms with van der Waals surface area (Å²) in [5, 5.41) is 0. The Morgan fingerprint density at radius 1 is 0.306 bits per heavy atom. The summed E-state index contributed by atoms with van der Waals surface area (Å²) < 4.78 is 395. The highest BCUT2D eigenvalue weighted by atomic mass is 19.4. The number of halogens is 30. The maximum Gasteiger partial charge on any atom is 0.460 e. The van der Waals surface area contributed by atoms with Crippen molar-refractivity contribution in [1.29, 1.82) is 0 Å². The van der Waals surface area contributed by atoms with Crippen LogP contribution in [0.3, 0.4) is 0 Å². The zero-order valence-electron chi connectivity index (χ0n) is 21.1. The topological polar surface area (TPSA) is 20.5 Å². The second-order valence-corrected chi connectivity index (χ2v) is 8.81. The van der Waals surface area contributed by atoms with Gasteiger partial charge in [-0.1, -0.05) is 0 Å². The van der Waals surface area contributed by atoms with Crippen molar-refractivity contribution in [2.75, 3.05) is 13.2 Å². The fourth-order valence-electron chi connectivity index (χ4n) is 2.46. The minimum Gasteiger partial charge on any atom is -0.496 e. The molecule has 0 bridgehead atoms. The lowest BCUT2D eigenvalue weighted by molar-refractivity contribution is -0.454. The molecule has 0 aliphatic rings. The molecule has 0 aliphatic carbocycles. The highest BCUT2D eigenvalue weighted by Gasteiger charge is 2.95. The average Bonchev–Trinajstić information content (AvgIpc) is 2.85. The van der Waals surface area contributed by atoms with Crippen LogP contribution in [-0.4, -0.2) is 103 Å². The summed E-state index contributed by atoms with van der Waals surface area (Å²) in [5.74, 6) is -101. The first-order valence-electron chi connectivity index (χ1n) is 10.4. The fraction of sp³-hybridized carbons (Fsp3) is 0.941. The summed E-state index contributed by atoms with van der Waals surface area (Å²) in [6.07, 6.45) is -16.0. The molecule has 0 saturated heterocycles.